The Hall–Kier alpha value is -2.34. The first kappa shape index (κ1) is 10.8. The highest BCUT2D eigenvalue weighted by Gasteiger charge is 2.11. The van der Waals surface area contributed by atoms with Crippen LogP contribution in [0.4, 0.5) is 11.6 Å². The number of hydrogen-bond acceptors (Lipinski definition) is 5. The quantitative estimate of drug-likeness (QED) is 0.693. The van der Waals surface area contributed by atoms with E-state index in [1.54, 1.807) is 10.6 Å². The number of nitrogens with zero attached hydrogens (tertiary/aromatic N) is 4. The fourth-order valence-corrected chi connectivity index (χ4v) is 2.01. The van der Waals surface area contributed by atoms with E-state index in [0.29, 0.717) is 16.7 Å². The Balaban J connectivity index is 2.32. The molecule has 0 aliphatic heterocycles. The second kappa shape index (κ2) is 3.85. The fourth-order valence-electron chi connectivity index (χ4n) is 1.81. The van der Waals surface area contributed by atoms with E-state index in [4.69, 9.17) is 23.1 Å². The zero-order chi connectivity index (χ0) is 12.7. The van der Waals surface area contributed by atoms with E-state index in [1.165, 1.54) is 12.5 Å². The topological polar surface area (TPSA) is 95.1 Å². The smallest absolute Gasteiger partial charge is 0.151 e. The number of hydrogen-bond donors (Lipinski definition) is 2. The SMILES string of the molecule is Nc1cc(-c2ccc3c(N)ncnn23)c(Cl)cn1. The van der Waals surface area contributed by atoms with E-state index in [2.05, 4.69) is 15.1 Å². The number of aromatic nitrogens is 4. The van der Waals surface area contributed by atoms with Gasteiger partial charge in [-0.05, 0) is 18.2 Å². The maximum absolute atomic E-state index is 6.12. The molecule has 6 nitrogen and oxygen atoms in total. The van der Waals surface area contributed by atoms with Gasteiger partial charge in [0.25, 0.3) is 0 Å². The number of halogens is 1. The lowest BCUT2D eigenvalue weighted by molar-refractivity contribution is 0.914. The molecule has 0 unspecified atom stereocenters. The Morgan fingerprint density at radius 2 is 2.00 bits per heavy atom. The number of rotatable bonds is 1. The molecule has 0 aromatic carbocycles. The molecule has 3 aromatic rings. The van der Waals surface area contributed by atoms with Gasteiger partial charge >= 0.3 is 0 Å². The molecule has 90 valence electrons. The van der Waals surface area contributed by atoms with Crippen LogP contribution < -0.4 is 11.5 Å². The van der Waals surface area contributed by atoms with Crippen LogP contribution in [-0.2, 0) is 0 Å². The van der Waals surface area contributed by atoms with E-state index < -0.39 is 0 Å². The first-order valence-electron chi connectivity index (χ1n) is 5.16. The maximum atomic E-state index is 6.12. The molecular formula is C11H9ClN6. The van der Waals surface area contributed by atoms with Crippen molar-refractivity contribution in [3.63, 3.8) is 0 Å². The summed E-state index contributed by atoms with van der Waals surface area (Å²) in [6.45, 7) is 0. The first-order chi connectivity index (χ1) is 8.66. The molecule has 3 rings (SSSR count). The molecule has 0 saturated carbocycles. The summed E-state index contributed by atoms with van der Waals surface area (Å²) in [6, 6.07) is 5.39. The second-order valence-electron chi connectivity index (χ2n) is 3.75. The summed E-state index contributed by atoms with van der Waals surface area (Å²) < 4.78 is 1.67. The summed E-state index contributed by atoms with van der Waals surface area (Å²) in [5, 5.41) is 4.66. The van der Waals surface area contributed by atoms with Crippen molar-refractivity contribution >= 4 is 28.8 Å². The van der Waals surface area contributed by atoms with E-state index in [0.717, 1.165) is 16.8 Å². The predicted molar refractivity (Wildman–Crippen MR) is 70.1 cm³/mol. The molecule has 18 heavy (non-hydrogen) atoms. The van der Waals surface area contributed by atoms with Crippen LogP contribution in [0.1, 0.15) is 0 Å². The molecular weight excluding hydrogens is 252 g/mol. The van der Waals surface area contributed by atoms with E-state index in [9.17, 15) is 0 Å². The highest BCUT2D eigenvalue weighted by Crippen LogP contribution is 2.30. The molecule has 3 aromatic heterocycles. The van der Waals surface area contributed by atoms with Crippen LogP contribution >= 0.6 is 11.6 Å². The van der Waals surface area contributed by atoms with Crippen molar-refractivity contribution in [2.75, 3.05) is 11.5 Å². The Kier molecular flexibility index (Phi) is 2.31. The minimum absolute atomic E-state index is 0.395. The number of anilines is 2. The van der Waals surface area contributed by atoms with Crippen LogP contribution in [0.15, 0.2) is 30.7 Å². The van der Waals surface area contributed by atoms with Gasteiger partial charge in [0.2, 0.25) is 0 Å². The molecule has 4 N–H and O–H groups in total. The second-order valence-corrected chi connectivity index (χ2v) is 4.16. The molecule has 0 aliphatic carbocycles. The Labute approximate surface area is 107 Å². The third-order valence-electron chi connectivity index (χ3n) is 2.63. The van der Waals surface area contributed by atoms with Crippen LogP contribution in [0.25, 0.3) is 16.8 Å². The van der Waals surface area contributed by atoms with Crippen molar-refractivity contribution in [3.05, 3.63) is 35.7 Å². The van der Waals surface area contributed by atoms with E-state index >= 15 is 0 Å². The maximum Gasteiger partial charge on any atom is 0.151 e. The normalized spacial score (nSPS) is 10.9. The molecule has 0 aliphatic rings. The number of nitrogen functional groups attached to an aromatic ring is 2. The van der Waals surface area contributed by atoms with Gasteiger partial charge in [-0.25, -0.2) is 14.5 Å². The lowest BCUT2D eigenvalue weighted by atomic mass is 10.2. The predicted octanol–water partition coefficient (Wildman–Crippen LogP) is 1.61. The van der Waals surface area contributed by atoms with E-state index in [1.807, 2.05) is 12.1 Å². The molecule has 0 radical (unpaired) electrons. The standard InChI is InChI=1S/C11H9ClN6/c12-7-4-15-10(13)3-6(7)8-1-2-9-11(14)16-5-17-18(8)9/h1-5H,(H2,13,15)(H2,14,16,17). The highest BCUT2D eigenvalue weighted by molar-refractivity contribution is 6.33. The fraction of sp³-hybridized carbons (Fsp3) is 0. The van der Waals surface area contributed by atoms with Crippen LogP contribution in [0, 0.1) is 0 Å². The van der Waals surface area contributed by atoms with Crippen LogP contribution in [-0.4, -0.2) is 19.6 Å². The van der Waals surface area contributed by atoms with Crippen molar-refractivity contribution in [2.45, 2.75) is 0 Å². The van der Waals surface area contributed by atoms with Gasteiger partial charge < -0.3 is 11.5 Å². The minimum atomic E-state index is 0.395. The lowest BCUT2D eigenvalue weighted by Crippen LogP contribution is -2.00. The van der Waals surface area contributed by atoms with Gasteiger partial charge in [0.1, 0.15) is 17.7 Å². The van der Waals surface area contributed by atoms with Crippen molar-refractivity contribution in [2.24, 2.45) is 0 Å². The molecule has 0 saturated heterocycles. The summed E-state index contributed by atoms with van der Waals surface area (Å²) >= 11 is 6.12. The first-order valence-corrected chi connectivity index (χ1v) is 5.54. The number of pyridine rings is 1. The van der Waals surface area contributed by atoms with Gasteiger partial charge in [-0.3, -0.25) is 0 Å². The minimum Gasteiger partial charge on any atom is -0.384 e. The highest BCUT2D eigenvalue weighted by atomic mass is 35.5. The van der Waals surface area contributed by atoms with Gasteiger partial charge in [0.15, 0.2) is 5.82 Å². The Morgan fingerprint density at radius 3 is 2.83 bits per heavy atom. The third-order valence-corrected chi connectivity index (χ3v) is 2.94. The van der Waals surface area contributed by atoms with Gasteiger partial charge in [-0.2, -0.15) is 5.10 Å². The largest absolute Gasteiger partial charge is 0.384 e. The van der Waals surface area contributed by atoms with Gasteiger partial charge in [-0.15, -0.1) is 0 Å². The van der Waals surface area contributed by atoms with Gasteiger partial charge in [0.05, 0.1) is 10.7 Å². The average molecular weight is 261 g/mol. The zero-order valence-corrected chi connectivity index (χ0v) is 9.96. The number of nitrogens with two attached hydrogens (primary N) is 2. The van der Waals surface area contributed by atoms with Crippen molar-refractivity contribution in [1.82, 2.24) is 19.6 Å². The van der Waals surface area contributed by atoms with Gasteiger partial charge in [0, 0.05) is 11.8 Å². The van der Waals surface area contributed by atoms with Crippen molar-refractivity contribution in [1.29, 1.82) is 0 Å². The summed E-state index contributed by atoms with van der Waals surface area (Å²) in [6.07, 6.45) is 2.90. The van der Waals surface area contributed by atoms with Crippen molar-refractivity contribution in [3.8, 4) is 11.3 Å². The Morgan fingerprint density at radius 1 is 1.17 bits per heavy atom. The molecule has 0 amide bonds. The molecule has 0 bridgehead atoms. The summed E-state index contributed by atoms with van der Waals surface area (Å²) in [5.74, 6) is 0.806. The van der Waals surface area contributed by atoms with Crippen LogP contribution in [0.5, 0.6) is 0 Å². The lowest BCUT2D eigenvalue weighted by Gasteiger charge is -2.05. The number of fused-ring (bicyclic) bond motifs is 1. The zero-order valence-electron chi connectivity index (χ0n) is 9.21. The van der Waals surface area contributed by atoms with Crippen LogP contribution in [0.2, 0.25) is 5.02 Å². The Bertz CT molecular complexity index is 735. The third kappa shape index (κ3) is 1.54. The molecule has 3 heterocycles. The molecule has 0 atom stereocenters. The monoisotopic (exact) mass is 260 g/mol. The average Bonchev–Trinajstić information content (AvgIpc) is 2.77. The molecule has 0 fully saturated rings. The van der Waals surface area contributed by atoms with Gasteiger partial charge in [-0.1, -0.05) is 11.6 Å². The summed E-state index contributed by atoms with van der Waals surface area (Å²) in [7, 11) is 0. The van der Waals surface area contributed by atoms with Crippen molar-refractivity contribution < 1.29 is 0 Å². The van der Waals surface area contributed by atoms with Crippen LogP contribution in [0.3, 0.4) is 0 Å². The summed E-state index contributed by atoms with van der Waals surface area (Å²) in [5.41, 5.74) is 13.7. The van der Waals surface area contributed by atoms with E-state index in [-0.39, 0.29) is 0 Å². The summed E-state index contributed by atoms with van der Waals surface area (Å²) in [4.78, 5) is 7.86. The molecule has 7 heteroatoms. The molecule has 0 spiro atoms.